The molecule has 2 N–H and O–H groups in total. The molecule has 3 aliphatic rings. The van der Waals surface area contributed by atoms with E-state index >= 15 is 0 Å². The Morgan fingerprint density at radius 1 is 1.18 bits per heavy atom. The van der Waals surface area contributed by atoms with Crippen LogP contribution in [0, 0.1) is 28.6 Å². The quantitative estimate of drug-likeness (QED) is 0.319. The minimum Gasteiger partial charge on any atom is -0.504 e. The molecule has 0 aliphatic heterocycles. The number of ether oxygens (including phenoxy) is 1. The van der Waals surface area contributed by atoms with Gasteiger partial charge in [-0.25, -0.2) is 4.79 Å². The second-order valence-corrected chi connectivity index (χ2v) is 11.2. The number of hydrogen-bond acceptors (Lipinski definition) is 5. The average molecular weight is 465 g/mol. The molecule has 4 atom stereocenters. The van der Waals surface area contributed by atoms with Crippen LogP contribution < -0.4 is 0 Å². The van der Waals surface area contributed by atoms with Crippen molar-refractivity contribution in [2.45, 2.75) is 59.3 Å². The first kappa shape index (κ1) is 24.3. The van der Waals surface area contributed by atoms with Crippen LogP contribution >= 0.6 is 0 Å². The molecule has 4 rings (SSSR count). The fourth-order valence-corrected chi connectivity index (χ4v) is 7.07. The molecule has 0 aromatic heterocycles. The fourth-order valence-electron chi connectivity index (χ4n) is 7.07. The van der Waals surface area contributed by atoms with E-state index in [1.165, 1.54) is 37.1 Å². The number of aromatic hydroxyl groups is 2. The maximum atomic E-state index is 13.4. The fraction of sp³-hybridized carbons (Fsp3) is 0.517. The minimum absolute atomic E-state index is 0.00860. The number of carbonyl (C=O) groups is 2. The SMILES string of the molecule is C=C1C(CCOC(=O)C=Cc2ccc(O)c(O)c2)=CC(=O)C2C1CCC1C(C)(C)CCCC21C. The van der Waals surface area contributed by atoms with E-state index in [4.69, 9.17) is 4.74 Å². The van der Waals surface area contributed by atoms with Crippen LogP contribution in [0.3, 0.4) is 0 Å². The van der Waals surface area contributed by atoms with Crippen molar-refractivity contribution in [2.24, 2.45) is 28.6 Å². The zero-order chi connectivity index (χ0) is 24.7. The molecule has 0 amide bonds. The van der Waals surface area contributed by atoms with Crippen molar-refractivity contribution in [2.75, 3.05) is 6.61 Å². The summed E-state index contributed by atoms with van der Waals surface area (Å²) in [7, 11) is 0. The van der Waals surface area contributed by atoms with E-state index in [2.05, 4.69) is 27.4 Å². The Kier molecular flexibility index (Phi) is 6.50. The Hall–Kier alpha value is -2.82. The van der Waals surface area contributed by atoms with Crippen molar-refractivity contribution in [3.05, 3.63) is 53.6 Å². The van der Waals surface area contributed by atoms with Gasteiger partial charge in [-0.05, 0) is 89.3 Å². The number of carbonyl (C=O) groups excluding carboxylic acids is 2. The number of benzene rings is 1. The van der Waals surface area contributed by atoms with Crippen molar-refractivity contribution < 1.29 is 24.5 Å². The van der Waals surface area contributed by atoms with Crippen LogP contribution in [0.15, 0.2) is 48.1 Å². The molecular weight excluding hydrogens is 428 g/mol. The summed E-state index contributed by atoms with van der Waals surface area (Å²) in [5.41, 5.74) is 2.81. The highest BCUT2D eigenvalue weighted by Crippen LogP contribution is 2.63. The van der Waals surface area contributed by atoms with Crippen molar-refractivity contribution in [1.29, 1.82) is 0 Å². The number of ketones is 1. The molecule has 2 fully saturated rings. The molecule has 1 aromatic rings. The van der Waals surface area contributed by atoms with Gasteiger partial charge in [-0.15, -0.1) is 0 Å². The van der Waals surface area contributed by atoms with Crippen LogP contribution in [0.2, 0.25) is 0 Å². The largest absolute Gasteiger partial charge is 0.504 e. The van der Waals surface area contributed by atoms with Crippen LogP contribution in [-0.2, 0) is 14.3 Å². The number of allylic oxidation sites excluding steroid dienone is 2. The molecular formula is C29H36O5. The number of rotatable bonds is 5. The van der Waals surface area contributed by atoms with Crippen LogP contribution in [-0.4, -0.2) is 28.6 Å². The summed E-state index contributed by atoms with van der Waals surface area (Å²) in [6.07, 6.45) is 10.7. The molecule has 5 heteroatoms. The standard InChI is InChI=1S/C29H36O5/c1-18-20(12-15-34-26(33)11-7-19-6-9-22(30)23(31)16-19)17-24(32)27-21(18)8-10-25-28(2,3)13-5-14-29(25,27)4/h6-7,9,11,16-17,21,25,27,30-31H,1,5,8,10,12-15H2,2-4H3. The van der Waals surface area contributed by atoms with Crippen LogP contribution in [0.4, 0.5) is 0 Å². The van der Waals surface area contributed by atoms with Gasteiger partial charge in [-0.1, -0.05) is 39.8 Å². The van der Waals surface area contributed by atoms with Crippen LogP contribution in [0.5, 0.6) is 11.5 Å². The van der Waals surface area contributed by atoms with E-state index in [0.29, 0.717) is 17.9 Å². The molecule has 0 saturated heterocycles. The molecule has 0 spiro atoms. The summed E-state index contributed by atoms with van der Waals surface area (Å²) in [6.45, 7) is 11.6. The Bertz CT molecular complexity index is 1060. The van der Waals surface area contributed by atoms with Crippen molar-refractivity contribution in [3.63, 3.8) is 0 Å². The molecule has 3 aliphatic carbocycles. The predicted molar refractivity (Wildman–Crippen MR) is 132 cm³/mol. The zero-order valence-electron chi connectivity index (χ0n) is 20.5. The van der Waals surface area contributed by atoms with Crippen molar-refractivity contribution in [1.82, 2.24) is 0 Å². The summed E-state index contributed by atoms with van der Waals surface area (Å²) >= 11 is 0. The van der Waals surface area contributed by atoms with E-state index in [9.17, 15) is 19.8 Å². The number of esters is 1. The Morgan fingerprint density at radius 2 is 1.94 bits per heavy atom. The highest BCUT2D eigenvalue weighted by Gasteiger charge is 2.57. The lowest BCUT2D eigenvalue weighted by Gasteiger charge is -2.59. The maximum Gasteiger partial charge on any atom is 0.330 e. The second kappa shape index (κ2) is 9.09. The lowest BCUT2D eigenvalue weighted by molar-refractivity contribution is -0.140. The van der Waals surface area contributed by atoms with Gasteiger partial charge >= 0.3 is 5.97 Å². The van der Waals surface area contributed by atoms with Gasteiger partial charge in [0.05, 0.1) is 6.61 Å². The predicted octanol–water partition coefficient (Wildman–Crippen LogP) is 5.97. The molecule has 4 unspecified atom stereocenters. The van der Waals surface area contributed by atoms with Gasteiger partial charge in [0.15, 0.2) is 17.3 Å². The topological polar surface area (TPSA) is 83.8 Å². The lowest BCUT2D eigenvalue weighted by Crippen LogP contribution is -2.55. The van der Waals surface area contributed by atoms with E-state index in [0.717, 1.165) is 30.4 Å². The number of hydrogen-bond donors (Lipinski definition) is 2. The molecule has 182 valence electrons. The summed E-state index contributed by atoms with van der Waals surface area (Å²) in [6, 6.07) is 4.30. The normalized spacial score (nSPS) is 30.4. The highest BCUT2D eigenvalue weighted by atomic mass is 16.5. The Labute approximate surface area is 202 Å². The first-order chi connectivity index (χ1) is 16.0. The summed E-state index contributed by atoms with van der Waals surface area (Å²) < 4.78 is 5.34. The van der Waals surface area contributed by atoms with Gasteiger partial charge in [0, 0.05) is 18.4 Å². The summed E-state index contributed by atoms with van der Waals surface area (Å²) in [5, 5.41) is 18.9. The van der Waals surface area contributed by atoms with E-state index in [1.54, 1.807) is 12.1 Å². The van der Waals surface area contributed by atoms with Gasteiger partial charge < -0.3 is 14.9 Å². The van der Waals surface area contributed by atoms with E-state index < -0.39 is 5.97 Å². The Balaban J connectivity index is 1.39. The molecule has 2 saturated carbocycles. The van der Waals surface area contributed by atoms with Crippen molar-refractivity contribution in [3.8, 4) is 11.5 Å². The third-order valence-corrected chi connectivity index (χ3v) is 8.67. The van der Waals surface area contributed by atoms with E-state index in [-0.39, 0.29) is 46.6 Å². The highest BCUT2D eigenvalue weighted by molar-refractivity contribution is 5.96. The van der Waals surface area contributed by atoms with Crippen LogP contribution in [0.25, 0.3) is 6.08 Å². The monoisotopic (exact) mass is 464 g/mol. The van der Waals surface area contributed by atoms with Gasteiger partial charge in [0.1, 0.15) is 0 Å². The number of phenolic OH excluding ortho intramolecular Hbond substituents is 2. The number of fused-ring (bicyclic) bond motifs is 3. The first-order valence-electron chi connectivity index (χ1n) is 12.3. The lowest BCUT2D eigenvalue weighted by atomic mass is 9.44. The minimum atomic E-state index is -0.503. The molecule has 0 radical (unpaired) electrons. The van der Waals surface area contributed by atoms with Crippen LogP contribution in [0.1, 0.15) is 64.9 Å². The van der Waals surface area contributed by atoms with Gasteiger partial charge in [-0.2, -0.15) is 0 Å². The van der Waals surface area contributed by atoms with Gasteiger partial charge in [-0.3, -0.25) is 4.79 Å². The van der Waals surface area contributed by atoms with Gasteiger partial charge in [0.2, 0.25) is 0 Å². The smallest absolute Gasteiger partial charge is 0.330 e. The maximum absolute atomic E-state index is 13.4. The molecule has 0 heterocycles. The van der Waals surface area contributed by atoms with E-state index in [1.807, 2.05) is 0 Å². The second-order valence-electron chi connectivity index (χ2n) is 11.2. The average Bonchev–Trinajstić information content (AvgIpc) is 2.76. The number of phenols is 2. The first-order valence-corrected chi connectivity index (χ1v) is 12.3. The molecule has 5 nitrogen and oxygen atoms in total. The molecule has 1 aromatic carbocycles. The Morgan fingerprint density at radius 3 is 2.68 bits per heavy atom. The summed E-state index contributed by atoms with van der Waals surface area (Å²) in [4.78, 5) is 25.5. The third kappa shape index (κ3) is 4.45. The zero-order valence-corrected chi connectivity index (χ0v) is 20.5. The van der Waals surface area contributed by atoms with Crippen molar-refractivity contribution >= 4 is 17.8 Å². The third-order valence-electron chi connectivity index (χ3n) is 8.67. The molecule has 0 bridgehead atoms. The van der Waals surface area contributed by atoms with Gasteiger partial charge in [0.25, 0.3) is 0 Å². The summed E-state index contributed by atoms with van der Waals surface area (Å²) in [5.74, 6) is -0.000329. The molecule has 34 heavy (non-hydrogen) atoms.